The van der Waals surface area contributed by atoms with Crippen molar-refractivity contribution in [3.8, 4) is 6.07 Å². The number of rotatable bonds is 6. The van der Waals surface area contributed by atoms with Crippen LogP contribution in [0.1, 0.15) is 20.8 Å². The predicted octanol–water partition coefficient (Wildman–Crippen LogP) is 1.67. The van der Waals surface area contributed by atoms with E-state index in [1.165, 1.54) is 6.92 Å². The number of hydrogen-bond acceptors (Lipinski definition) is 4. The van der Waals surface area contributed by atoms with Crippen molar-refractivity contribution in [1.82, 2.24) is 0 Å². The molecular weight excluding hydrogens is 194 g/mol. The molecule has 4 nitrogen and oxygen atoms in total. The Bertz CT molecular complexity index is 265. The summed E-state index contributed by atoms with van der Waals surface area (Å²) in [4.78, 5) is 10.8. The van der Waals surface area contributed by atoms with Crippen molar-refractivity contribution in [2.75, 3.05) is 13.2 Å². The minimum Gasteiger partial charge on any atom is -0.446 e. The topological polar surface area (TPSA) is 59.3 Å². The maximum absolute atomic E-state index is 10.8. The summed E-state index contributed by atoms with van der Waals surface area (Å²) in [5.74, 6) is -0.460. The lowest BCUT2D eigenvalue weighted by atomic mass is 9.88. The van der Waals surface area contributed by atoms with Gasteiger partial charge < -0.3 is 9.47 Å². The van der Waals surface area contributed by atoms with E-state index >= 15 is 0 Å². The van der Waals surface area contributed by atoms with Gasteiger partial charge in [0.05, 0.1) is 13.2 Å². The Labute approximate surface area is 90.5 Å². The summed E-state index contributed by atoms with van der Waals surface area (Å²) in [6.45, 7) is 9.18. The molecule has 1 atom stereocenters. The molecule has 4 heteroatoms. The quantitative estimate of drug-likeness (QED) is 0.381. The van der Waals surface area contributed by atoms with Crippen LogP contribution < -0.4 is 0 Å². The van der Waals surface area contributed by atoms with Gasteiger partial charge in [-0.2, -0.15) is 5.26 Å². The summed E-state index contributed by atoms with van der Waals surface area (Å²) in [6, 6.07) is 1.95. The Morgan fingerprint density at radius 3 is 2.67 bits per heavy atom. The molecule has 0 aromatic rings. The van der Waals surface area contributed by atoms with Crippen LogP contribution in [0.15, 0.2) is 12.7 Å². The van der Waals surface area contributed by atoms with Crippen molar-refractivity contribution in [2.24, 2.45) is 5.41 Å². The van der Waals surface area contributed by atoms with E-state index in [1.54, 1.807) is 6.08 Å². The van der Waals surface area contributed by atoms with E-state index in [0.717, 1.165) is 0 Å². The number of carbonyl (C=O) groups is 1. The lowest BCUT2D eigenvalue weighted by Crippen LogP contribution is -2.36. The zero-order chi connectivity index (χ0) is 11.9. The first-order valence-electron chi connectivity index (χ1n) is 4.69. The van der Waals surface area contributed by atoms with Gasteiger partial charge in [-0.1, -0.05) is 19.9 Å². The lowest BCUT2D eigenvalue weighted by molar-refractivity contribution is -0.150. The van der Waals surface area contributed by atoms with Crippen LogP contribution in [0, 0.1) is 16.7 Å². The third-order valence-electron chi connectivity index (χ3n) is 1.82. The second-order valence-electron chi connectivity index (χ2n) is 3.91. The van der Waals surface area contributed by atoms with Gasteiger partial charge in [0.15, 0.2) is 6.10 Å². The molecule has 0 aliphatic rings. The molecule has 0 fully saturated rings. The zero-order valence-corrected chi connectivity index (χ0v) is 9.45. The minimum absolute atomic E-state index is 0.338. The van der Waals surface area contributed by atoms with Crippen LogP contribution in [0.4, 0.5) is 0 Å². The van der Waals surface area contributed by atoms with Crippen LogP contribution in [0.2, 0.25) is 0 Å². The summed E-state index contributed by atoms with van der Waals surface area (Å²) in [5, 5.41) is 8.86. The van der Waals surface area contributed by atoms with Gasteiger partial charge >= 0.3 is 5.97 Å². The normalized spacial score (nSPS) is 12.7. The van der Waals surface area contributed by atoms with Crippen LogP contribution in [0.25, 0.3) is 0 Å². The number of nitrogens with zero attached hydrogens (tertiary/aromatic N) is 1. The second-order valence-corrected chi connectivity index (χ2v) is 3.91. The standard InChI is InChI=1S/C11H17NO3/c1-5-6-14-8-11(3,4)10(7-12)15-9(2)13/h5,10H,1,6,8H2,2-4H3. The van der Waals surface area contributed by atoms with Crippen molar-refractivity contribution >= 4 is 5.97 Å². The summed E-state index contributed by atoms with van der Waals surface area (Å²) >= 11 is 0. The van der Waals surface area contributed by atoms with Gasteiger partial charge in [-0.25, -0.2) is 0 Å². The summed E-state index contributed by atoms with van der Waals surface area (Å²) in [5.41, 5.74) is -0.524. The zero-order valence-electron chi connectivity index (χ0n) is 9.45. The summed E-state index contributed by atoms with van der Waals surface area (Å²) in [6.07, 6.45) is 0.836. The molecule has 15 heavy (non-hydrogen) atoms. The highest BCUT2D eigenvalue weighted by Gasteiger charge is 2.32. The van der Waals surface area contributed by atoms with Gasteiger partial charge in [0, 0.05) is 12.3 Å². The van der Waals surface area contributed by atoms with Crippen LogP contribution >= 0.6 is 0 Å². The minimum atomic E-state index is -0.792. The third kappa shape index (κ3) is 5.18. The Hall–Kier alpha value is -1.34. The third-order valence-corrected chi connectivity index (χ3v) is 1.82. The van der Waals surface area contributed by atoms with E-state index < -0.39 is 17.5 Å². The molecule has 0 aliphatic carbocycles. The summed E-state index contributed by atoms with van der Waals surface area (Å²) in [7, 11) is 0. The first kappa shape index (κ1) is 13.7. The fraction of sp³-hybridized carbons (Fsp3) is 0.636. The highest BCUT2D eigenvalue weighted by Crippen LogP contribution is 2.23. The average Bonchev–Trinajstić information content (AvgIpc) is 2.14. The molecule has 0 saturated carbocycles. The molecule has 84 valence electrons. The van der Waals surface area contributed by atoms with E-state index in [4.69, 9.17) is 14.7 Å². The molecule has 0 rings (SSSR count). The average molecular weight is 211 g/mol. The molecule has 0 saturated heterocycles. The number of nitriles is 1. The first-order valence-corrected chi connectivity index (χ1v) is 4.69. The number of ether oxygens (including phenoxy) is 2. The van der Waals surface area contributed by atoms with Gasteiger partial charge in [-0.05, 0) is 0 Å². The fourth-order valence-electron chi connectivity index (χ4n) is 1.01. The van der Waals surface area contributed by atoms with Crippen molar-refractivity contribution in [2.45, 2.75) is 26.9 Å². The fourth-order valence-corrected chi connectivity index (χ4v) is 1.01. The largest absolute Gasteiger partial charge is 0.446 e. The van der Waals surface area contributed by atoms with Crippen LogP contribution in [-0.4, -0.2) is 25.3 Å². The highest BCUT2D eigenvalue weighted by atomic mass is 16.5. The van der Waals surface area contributed by atoms with E-state index in [1.807, 2.05) is 19.9 Å². The van der Waals surface area contributed by atoms with Gasteiger partial charge in [-0.3, -0.25) is 4.79 Å². The van der Waals surface area contributed by atoms with Crippen LogP contribution in [0.3, 0.4) is 0 Å². The Balaban J connectivity index is 4.31. The summed E-state index contributed by atoms with van der Waals surface area (Å²) < 4.78 is 10.1. The van der Waals surface area contributed by atoms with Gasteiger partial charge in [-0.15, -0.1) is 6.58 Å². The van der Waals surface area contributed by atoms with E-state index in [2.05, 4.69) is 6.58 Å². The smallest absolute Gasteiger partial charge is 0.303 e. The molecule has 0 radical (unpaired) electrons. The molecule has 0 aliphatic heterocycles. The number of hydrogen-bond donors (Lipinski definition) is 0. The maximum atomic E-state index is 10.8. The molecular formula is C11H17NO3. The second kappa shape index (κ2) is 6.20. The van der Waals surface area contributed by atoms with E-state index in [0.29, 0.717) is 13.2 Å². The molecule has 0 bridgehead atoms. The van der Waals surface area contributed by atoms with Gasteiger partial charge in [0.2, 0.25) is 0 Å². The highest BCUT2D eigenvalue weighted by molar-refractivity contribution is 5.66. The van der Waals surface area contributed by atoms with Crippen molar-refractivity contribution in [3.63, 3.8) is 0 Å². The molecule has 0 aromatic carbocycles. The molecule has 0 spiro atoms. The monoisotopic (exact) mass is 211 g/mol. The van der Waals surface area contributed by atoms with Crippen LogP contribution in [-0.2, 0) is 14.3 Å². The Morgan fingerprint density at radius 2 is 2.27 bits per heavy atom. The molecule has 0 heterocycles. The van der Waals surface area contributed by atoms with Crippen molar-refractivity contribution in [3.05, 3.63) is 12.7 Å². The van der Waals surface area contributed by atoms with Crippen molar-refractivity contribution < 1.29 is 14.3 Å². The molecule has 0 aromatic heterocycles. The Morgan fingerprint density at radius 1 is 1.67 bits per heavy atom. The van der Waals surface area contributed by atoms with Crippen LogP contribution in [0.5, 0.6) is 0 Å². The molecule has 0 N–H and O–H groups in total. The predicted molar refractivity (Wildman–Crippen MR) is 56.0 cm³/mol. The first-order chi connectivity index (χ1) is 6.94. The Kier molecular flexibility index (Phi) is 5.65. The van der Waals surface area contributed by atoms with E-state index in [-0.39, 0.29) is 0 Å². The van der Waals surface area contributed by atoms with E-state index in [9.17, 15) is 4.79 Å². The molecule has 0 amide bonds. The number of carbonyl (C=O) groups excluding carboxylic acids is 1. The SMILES string of the molecule is C=CCOCC(C)(C)C(C#N)OC(C)=O. The van der Waals surface area contributed by atoms with Gasteiger partial charge in [0.1, 0.15) is 6.07 Å². The lowest BCUT2D eigenvalue weighted by Gasteiger charge is -2.28. The number of esters is 1. The van der Waals surface area contributed by atoms with Crippen molar-refractivity contribution in [1.29, 1.82) is 5.26 Å². The van der Waals surface area contributed by atoms with Gasteiger partial charge in [0.25, 0.3) is 0 Å². The molecule has 1 unspecified atom stereocenters. The maximum Gasteiger partial charge on any atom is 0.303 e.